The van der Waals surface area contributed by atoms with Crippen molar-refractivity contribution < 1.29 is 9.84 Å². The van der Waals surface area contributed by atoms with E-state index in [1.54, 1.807) is 0 Å². The molecule has 5 rings (SSSR count). The molecule has 1 fully saturated rings. The number of piperidine rings is 1. The lowest BCUT2D eigenvalue weighted by Crippen LogP contribution is -2.43. The van der Waals surface area contributed by atoms with Gasteiger partial charge < -0.3 is 20.5 Å². The Morgan fingerprint density at radius 1 is 0.941 bits per heavy atom. The van der Waals surface area contributed by atoms with Crippen LogP contribution >= 0.6 is 0 Å². The van der Waals surface area contributed by atoms with Crippen molar-refractivity contribution in [1.29, 1.82) is 0 Å². The van der Waals surface area contributed by atoms with Gasteiger partial charge in [-0.2, -0.15) is 0 Å². The first-order chi connectivity index (χ1) is 16.6. The lowest BCUT2D eigenvalue weighted by molar-refractivity contribution is -0.0648. The molecule has 0 aliphatic carbocycles. The number of hydrogen-bond acceptors (Lipinski definition) is 4. The molecule has 0 unspecified atom stereocenters. The Labute approximate surface area is 203 Å². The van der Waals surface area contributed by atoms with E-state index in [9.17, 15) is 5.11 Å². The normalized spacial score (nSPS) is 21.5. The molecule has 0 bridgehead atoms. The van der Waals surface area contributed by atoms with E-state index in [0.717, 1.165) is 55.6 Å². The third kappa shape index (κ3) is 4.76. The van der Waals surface area contributed by atoms with E-state index in [1.165, 1.54) is 11.1 Å². The highest BCUT2D eigenvalue weighted by atomic mass is 16.5. The largest absolute Gasteiger partial charge is 0.507 e. The summed E-state index contributed by atoms with van der Waals surface area (Å²) in [4.78, 5) is 2.61. The molecular formula is C30H36N2O2. The number of benzene rings is 3. The molecule has 0 saturated carbocycles. The zero-order valence-electron chi connectivity index (χ0n) is 20.1. The lowest BCUT2D eigenvalue weighted by atomic mass is 9.82. The molecular weight excluding hydrogens is 420 g/mol. The monoisotopic (exact) mass is 456 g/mol. The maximum atomic E-state index is 10.7. The van der Waals surface area contributed by atoms with Crippen LogP contribution < -0.4 is 5.73 Å². The fourth-order valence-corrected chi connectivity index (χ4v) is 5.82. The van der Waals surface area contributed by atoms with Gasteiger partial charge in [0.2, 0.25) is 0 Å². The third-order valence-corrected chi connectivity index (χ3v) is 7.83. The molecule has 34 heavy (non-hydrogen) atoms. The van der Waals surface area contributed by atoms with Gasteiger partial charge >= 0.3 is 0 Å². The van der Waals surface area contributed by atoms with Gasteiger partial charge in [-0.3, -0.25) is 0 Å². The predicted molar refractivity (Wildman–Crippen MR) is 137 cm³/mol. The molecule has 3 N–H and O–H groups in total. The van der Waals surface area contributed by atoms with Crippen LogP contribution in [0.1, 0.15) is 52.7 Å². The van der Waals surface area contributed by atoms with Crippen LogP contribution in [0.4, 0.5) is 0 Å². The molecule has 0 amide bonds. The second kappa shape index (κ2) is 10.3. The van der Waals surface area contributed by atoms with Crippen molar-refractivity contribution in [1.82, 2.24) is 4.90 Å². The number of aryl methyl sites for hydroxylation is 1. The average Bonchev–Trinajstić information content (AvgIpc) is 2.90. The van der Waals surface area contributed by atoms with E-state index >= 15 is 0 Å². The van der Waals surface area contributed by atoms with E-state index in [2.05, 4.69) is 71.6 Å². The highest BCUT2D eigenvalue weighted by molar-refractivity contribution is 5.47. The average molecular weight is 457 g/mol. The van der Waals surface area contributed by atoms with Crippen LogP contribution in [0, 0.1) is 12.8 Å². The number of rotatable bonds is 6. The van der Waals surface area contributed by atoms with Crippen molar-refractivity contribution in [2.24, 2.45) is 11.7 Å². The van der Waals surface area contributed by atoms with Crippen molar-refractivity contribution in [3.63, 3.8) is 0 Å². The fourth-order valence-electron chi connectivity index (χ4n) is 5.82. The molecule has 0 aromatic heterocycles. The topological polar surface area (TPSA) is 58.7 Å². The molecule has 178 valence electrons. The van der Waals surface area contributed by atoms with Crippen LogP contribution in [0.3, 0.4) is 0 Å². The summed E-state index contributed by atoms with van der Waals surface area (Å²) in [5.41, 5.74) is 11.9. The Hall–Kier alpha value is -2.66. The van der Waals surface area contributed by atoms with E-state index in [0.29, 0.717) is 24.1 Å². The molecule has 2 heterocycles. The molecule has 3 aromatic carbocycles. The molecule has 4 heteroatoms. The molecule has 2 aliphatic rings. The highest BCUT2D eigenvalue weighted by Gasteiger charge is 2.35. The van der Waals surface area contributed by atoms with Crippen LogP contribution in [-0.2, 0) is 11.2 Å². The Balaban J connectivity index is 1.27. The molecule has 0 radical (unpaired) electrons. The zero-order valence-corrected chi connectivity index (χ0v) is 20.1. The first-order valence-corrected chi connectivity index (χ1v) is 12.6. The van der Waals surface area contributed by atoms with Crippen LogP contribution in [0.5, 0.6) is 5.75 Å². The number of fused-ring (bicyclic) bond motifs is 1. The Morgan fingerprint density at radius 3 is 2.15 bits per heavy atom. The Bertz CT molecular complexity index is 1040. The smallest absolute Gasteiger partial charge is 0.122 e. The second-order valence-corrected chi connectivity index (χ2v) is 9.91. The number of phenols is 1. The number of nitrogens with two attached hydrogens (primary N) is 1. The van der Waals surface area contributed by atoms with Gasteiger partial charge in [0.15, 0.2) is 0 Å². The van der Waals surface area contributed by atoms with Crippen molar-refractivity contribution in [2.75, 3.05) is 26.2 Å². The van der Waals surface area contributed by atoms with Crippen molar-refractivity contribution in [3.05, 3.63) is 101 Å². The summed E-state index contributed by atoms with van der Waals surface area (Å²) >= 11 is 0. The quantitative estimate of drug-likeness (QED) is 0.536. The van der Waals surface area contributed by atoms with Crippen LogP contribution in [-0.4, -0.2) is 42.3 Å². The first-order valence-electron chi connectivity index (χ1n) is 12.6. The van der Waals surface area contributed by atoms with Gasteiger partial charge in [0, 0.05) is 31.0 Å². The summed E-state index contributed by atoms with van der Waals surface area (Å²) in [6, 6.07) is 25.8. The zero-order chi connectivity index (χ0) is 23.5. The molecule has 3 aromatic rings. The van der Waals surface area contributed by atoms with Crippen molar-refractivity contribution >= 4 is 0 Å². The molecule has 1 saturated heterocycles. The maximum Gasteiger partial charge on any atom is 0.122 e. The maximum absolute atomic E-state index is 10.7. The molecule has 0 spiro atoms. The number of phenolic OH excluding ortho intramolecular Hbond substituents is 1. The van der Waals surface area contributed by atoms with Crippen LogP contribution in [0.15, 0.2) is 72.8 Å². The molecule has 2 aliphatic heterocycles. The predicted octanol–water partition coefficient (Wildman–Crippen LogP) is 5.19. The minimum Gasteiger partial charge on any atom is -0.507 e. The fraction of sp³-hybridized carbons (Fsp3) is 0.400. The van der Waals surface area contributed by atoms with Gasteiger partial charge in [0.05, 0.1) is 12.2 Å². The Kier molecular flexibility index (Phi) is 7.00. The second-order valence-electron chi connectivity index (χ2n) is 9.91. The number of likely N-dealkylation sites (tertiary alicyclic amines) is 1. The summed E-state index contributed by atoms with van der Waals surface area (Å²) in [5.74, 6) is 1.29. The standard InChI is InChI=1S/C30H36N2O2/c1-21-12-13-25-26(30(21)33)18-28(34-29(25)19-31)24-14-16-32(17-15-24)20-27(22-8-4-2-5-9-22)23-10-6-3-7-11-23/h2-13,24,27-29,33H,14-20,31H2,1H3/t28-,29-/m0/s1. The summed E-state index contributed by atoms with van der Waals surface area (Å²) in [5, 5.41) is 10.7. The first kappa shape index (κ1) is 23.1. The number of nitrogens with zero attached hydrogens (tertiary/aromatic N) is 1. The van der Waals surface area contributed by atoms with E-state index in [1.807, 2.05) is 13.0 Å². The van der Waals surface area contributed by atoms with Gasteiger partial charge in [0.25, 0.3) is 0 Å². The van der Waals surface area contributed by atoms with E-state index < -0.39 is 0 Å². The van der Waals surface area contributed by atoms with Crippen LogP contribution in [0.2, 0.25) is 0 Å². The van der Waals surface area contributed by atoms with Crippen molar-refractivity contribution in [2.45, 2.75) is 44.3 Å². The minimum absolute atomic E-state index is 0.120. The minimum atomic E-state index is -0.126. The highest BCUT2D eigenvalue weighted by Crippen LogP contribution is 2.40. The third-order valence-electron chi connectivity index (χ3n) is 7.83. The SMILES string of the molecule is Cc1ccc2c(c1O)C[C@@H](C1CCN(CC(c3ccccc3)c3ccccc3)CC1)O[C@H]2CN. The summed E-state index contributed by atoms with van der Waals surface area (Å²) in [6.07, 6.45) is 3.00. The number of aromatic hydroxyl groups is 1. The Morgan fingerprint density at radius 2 is 1.56 bits per heavy atom. The van der Waals surface area contributed by atoms with Gasteiger partial charge in [-0.05, 0) is 61.0 Å². The van der Waals surface area contributed by atoms with E-state index in [4.69, 9.17) is 10.5 Å². The summed E-state index contributed by atoms with van der Waals surface area (Å²) in [7, 11) is 0. The lowest BCUT2D eigenvalue weighted by Gasteiger charge is -2.41. The van der Waals surface area contributed by atoms with Gasteiger partial charge in [-0.25, -0.2) is 0 Å². The van der Waals surface area contributed by atoms with Gasteiger partial charge in [-0.15, -0.1) is 0 Å². The number of hydrogen-bond donors (Lipinski definition) is 2. The van der Waals surface area contributed by atoms with Gasteiger partial charge in [0.1, 0.15) is 5.75 Å². The van der Waals surface area contributed by atoms with E-state index in [-0.39, 0.29) is 12.2 Å². The van der Waals surface area contributed by atoms with Crippen LogP contribution in [0.25, 0.3) is 0 Å². The number of ether oxygens (including phenoxy) is 1. The summed E-state index contributed by atoms with van der Waals surface area (Å²) in [6.45, 7) is 5.58. The van der Waals surface area contributed by atoms with Gasteiger partial charge in [-0.1, -0.05) is 72.8 Å². The van der Waals surface area contributed by atoms with Crippen molar-refractivity contribution in [3.8, 4) is 5.75 Å². The molecule has 2 atom stereocenters. The molecule has 4 nitrogen and oxygen atoms in total. The summed E-state index contributed by atoms with van der Waals surface area (Å²) < 4.78 is 6.50.